The quantitative estimate of drug-likeness (QED) is 0.911. The smallest absolute Gasteiger partial charge is 0.207 e. The van der Waals surface area contributed by atoms with Crippen LogP contribution < -0.4 is 4.72 Å². The highest BCUT2D eigenvalue weighted by atomic mass is 79.9. The second-order valence-electron chi connectivity index (χ2n) is 4.33. The molecular weight excluding hydrogens is 345 g/mol. The van der Waals surface area contributed by atoms with Gasteiger partial charge in [-0.25, -0.2) is 17.5 Å². The molecule has 2 aromatic rings. The van der Waals surface area contributed by atoms with Gasteiger partial charge in [0.2, 0.25) is 10.0 Å². The molecular formula is C14H13BrFNO2S. The van der Waals surface area contributed by atoms with E-state index < -0.39 is 15.8 Å². The van der Waals surface area contributed by atoms with E-state index in [1.165, 1.54) is 12.1 Å². The lowest BCUT2D eigenvalue weighted by Crippen LogP contribution is -2.24. The predicted octanol–water partition coefficient (Wildman–Crippen LogP) is 3.38. The van der Waals surface area contributed by atoms with E-state index in [1.54, 1.807) is 0 Å². The Morgan fingerprint density at radius 2 is 1.90 bits per heavy atom. The van der Waals surface area contributed by atoms with Gasteiger partial charge in [-0.15, -0.1) is 0 Å². The van der Waals surface area contributed by atoms with Crippen LogP contribution in [0.1, 0.15) is 11.1 Å². The monoisotopic (exact) mass is 357 g/mol. The van der Waals surface area contributed by atoms with Crippen molar-refractivity contribution in [3.05, 3.63) is 63.9 Å². The molecule has 2 rings (SSSR count). The van der Waals surface area contributed by atoms with Gasteiger partial charge >= 0.3 is 0 Å². The zero-order chi connectivity index (χ0) is 14.8. The summed E-state index contributed by atoms with van der Waals surface area (Å²) in [5.41, 5.74) is 1.83. The van der Waals surface area contributed by atoms with E-state index in [9.17, 15) is 12.8 Å². The summed E-state index contributed by atoms with van der Waals surface area (Å²) in [6.07, 6.45) is 0. The van der Waals surface area contributed by atoms with Crippen LogP contribution in [-0.2, 0) is 16.6 Å². The minimum Gasteiger partial charge on any atom is -0.207 e. The molecule has 20 heavy (non-hydrogen) atoms. The van der Waals surface area contributed by atoms with Crippen molar-refractivity contribution in [3.8, 4) is 0 Å². The summed E-state index contributed by atoms with van der Waals surface area (Å²) in [5.74, 6) is -0.781. The van der Waals surface area contributed by atoms with E-state index in [-0.39, 0.29) is 11.4 Å². The summed E-state index contributed by atoms with van der Waals surface area (Å²) < 4.78 is 40.8. The first-order valence-corrected chi connectivity index (χ1v) is 8.17. The molecule has 0 atom stereocenters. The highest BCUT2D eigenvalue weighted by Gasteiger charge is 2.18. The normalized spacial score (nSPS) is 11.6. The van der Waals surface area contributed by atoms with Crippen LogP contribution in [0.5, 0.6) is 0 Å². The van der Waals surface area contributed by atoms with Gasteiger partial charge in [0.1, 0.15) is 10.7 Å². The van der Waals surface area contributed by atoms with Gasteiger partial charge in [0.25, 0.3) is 0 Å². The Kier molecular flexibility index (Phi) is 4.57. The number of benzene rings is 2. The second-order valence-corrected chi connectivity index (χ2v) is 6.98. The zero-order valence-corrected chi connectivity index (χ0v) is 13.1. The SMILES string of the molecule is Cc1ccccc1CNS(=O)(=O)c1ccc(Br)cc1F. The minimum absolute atomic E-state index is 0.129. The maximum Gasteiger partial charge on any atom is 0.243 e. The third-order valence-electron chi connectivity index (χ3n) is 2.90. The lowest BCUT2D eigenvalue weighted by atomic mass is 10.1. The average molecular weight is 358 g/mol. The number of hydrogen-bond donors (Lipinski definition) is 1. The number of hydrogen-bond acceptors (Lipinski definition) is 2. The first kappa shape index (κ1) is 15.2. The van der Waals surface area contributed by atoms with E-state index in [0.29, 0.717) is 4.47 Å². The Balaban J connectivity index is 2.22. The van der Waals surface area contributed by atoms with Gasteiger partial charge in [-0.05, 0) is 36.2 Å². The summed E-state index contributed by atoms with van der Waals surface area (Å²) in [6.45, 7) is 2.02. The van der Waals surface area contributed by atoms with Crippen LogP contribution in [0.4, 0.5) is 4.39 Å². The van der Waals surface area contributed by atoms with Gasteiger partial charge in [-0.3, -0.25) is 0 Å². The Morgan fingerprint density at radius 3 is 2.55 bits per heavy atom. The van der Waals surface area contributed by atoms with Crippen molar-refractivity contribution in [3.63, 3.8) is 0 Å². The van der Waals surface area contributed by atoms with Crippen LogP contribution in [0, 0.1) is 12.7 Å². The lowest BCUT2D eigenvalue weighted by Gasteiger charge is -2.09. The molecule has 0 amide bonds. The number of sulfonamides is 1. The van der Waals surface area contributed by atoms with E-state index in [1.807, 2.05) is 31.2 Å². The van der Waals surface area contributed by atoms with Crippen molar-refractivity contribution in [2.24, 2.45) is 0 Å². The summed E-state index contributed by atoms with van der Waals surface area (Å²) in [5, 5.41) is 0. The second kappa shape index (κ2) is 6.03. The molecule has 0 fully saturated rings. The van der Waals surface area contributed by atoms with Gasteiger partial charge in [-0.2, -0.15) is 0 Å². The molecule has 106 valence electrons. The van der Waals surface area contributed by atoms with Crippen molar-refractivity contribution in [1.82, 2.24) is 4.72 Å². The summed E-state index contributed by atoms with van der Waals surface area (Å²) in [7, 11) is -3.87. The highest BCUT2D eigenvalue weighted by Crippen LogP contribution is 2.19. The lowest BCUT2D eigenvalue weighted by molar-refractivity contribution is 0.556. The van der Waals surface area contributed by atoms with Crippen LogP contribution in [0.25, 0.3) is 0 Å². The van der Waals surface area contributed by atoms with Crippen LogP contribution >= 0.6 is 15.9 Å². The number of nitrogens with one attached hydrogen (secondary N) is 1. The topological polar surface area (TPSA) is 46.2 Å². The molecule has 0 spiro atoms. The molecule has 0 aromatic heterocycles. The molecule has 0 saturated carbocycles. The fourth-order valence-electron chi connectivity index (χ4n) is 1.75. The molecule has 6 heteroatoms. The summed E-state index contributed by atoms with van der Waals surface area (Å²) >= 11 is 3.09. The van der Waals surface area contributed by atoms with E-state index in [4.69, 9.17) is 0 Å². The molecule has 0 heterocycles. The fraction of sp³-hybridized carbons (Fsp3) is 0.143. The predicted molar refractivity (Wildman–Crippen MR) is 79.3 cm³/mol. The Labute approximate surface area is 126 Å². The largest absolute Gasteiger partial charge is 0.243 e. The molecule has 0 bridgehead atoms. The van der Waals surface area contributed by atoms with Gasteiger partial charge in [0, 0.05) is 11.0 Å². The van der Waals surface area contributed by atoms with E-state index in [0.717, 1.165) is 17.2 Å². The van der Waals surface area contributed by atoms with Gasteiger partial charge < -0.3 is 0 Å². The van der Waals surface area contributed by atoms with Crippen LogP contribution in [0.3, 0.4) is 0 Å². The first-order chi connectivity index (χ1) is 9.40. The fourth-order valence-corrected chi connectivity index (χ4v) is 3.15. The maximum atomic E-state index is 13.7. The van der Waals surface area contributed by atoms with Crippen LogP contribution in [0.2, 0.25) is 0 Å². The summed E-state index contributed by atoms with van der Waals surface area (Å²) in [6, 6.07) is 11.3. The van der Waals surface area contributed by atoms with Crippen molar-refractivity contribution in [1.29, 1.82) is 0 Å². The number of halogens is 2. The van der Waals surface area contributed by atoms with Crippen LogP contribution in [0.15, 0.2) is 51.8 Å². The van der Waals surface area contributed by atoms with Crippen molar-refractivity contribution in [2.45, 2.75) is 18.4 Å². The van der Waals surface area contributed by atoms with E-state index >= 15 is 0 Å². The molecule has 0 unspecified atom stereocenters. The number of rotatable bonds is 4. The van der Waals surface area contributed by atoms with Crippen molar-refractivity contribution < 1.29 is 12.8 Å². The molecule has 2 aromatic carbocycles. The molecule has 0 aliphatic rings. The zero-order valence-electron chi connectivity index (χ0n) is 10.7. The highest BCUT2D eigenvalue weighted by molar-refractivity contribution is 9.10. The Morgan fingerprint density at radius 1 is 1.20 bits per heavy atom. The molecule has 0 saturated heterocycles. The number of aryl methyl sites for hydroxylation is 1. The third kappa shape index (κ3) is 3.45. The molecule has 0 aliphatic carbocycles. The molecule has 0 radical (unpaired) electrons. The third-order valence-corrected chi connectivity index (χ3v) is 4.83. The van der Waals surface area contributed by atoms with E-state index in [2.05, 4.69) is 20.7 Å². The van der Waals surface area contributed by atoms with Crippen molar-refractivity contribution >= 4 is 26.0 Å². The van der Waals surface area contributed by atoms with Gasteiger partial charge in [0.15, 0.2) is 0 Å². The molecule has 1 N–H and O–H groups in total. The van der Waals surface area contributed by atoms with Gasteiger partial charge in [0.05, 0.1) is 0 Å². The van der Waals surface area contributed by atoms with Crippen molar-refractivity contribution in [2.75, 3.05) is 0 Å². The first-order valence-electron chi connectivity index (χ1n) is 5.89. The maximum absolute atomic E-state index is 13.7. The van der Waals surface area contributed by atoms with Gasteiger partial charge in [-0.1, -0.05) is 40.2 Å². The van der Waals surface area contributed by atoms with Crippen LogP contribution in [-0.4, -0.2) is 8.42 Å². The molecule has 3 nitrogen and oxygen atoms in total. The Bertz CT molecular complexity index is 732. The minimum atomic E-state index is -3.87. The summed E-state index contributed by atoms with van der Waals surface area (Å²) in [4.78, 5) is -0.353. The molecule has 0 aliphatic heterocycles. The Hall–Kier alpha value is -1.24. The standard InChI is InChI=1S/C14H13BrFNO2S/c1-10-4-2-3-5-11(10)9-17-20(18,19)14-7-6-12(15)8-13(14)16/h2-8,17H,9H2,1H3. The average Bonchev–Trinajstić information content (AvgIpc) is 2.37.